The number of hydrazine groups is 1. The summed E-state index contributed by atoms with van der Waals surface area (Å²) < 4.78 is 0. The molecule has 3 atom stereocenters. The van der Waals surface area contributed by atoms with E-state index >= 15 is 0 Å². The number of carbonyl (C=O) groups excluding carboxylic acids is 1. The van der Waals surface area contributed by atoms with Gasteiger partial charge >= 0.3 is 0 Å². The van der Waals surface area contributed by atoms with Gasteiger partial charge in [0.05, 0.1) is 18.0 Å². The van der Waals surface area contributed by atoms with Crippen molar-refractivity contribution >= 4 is 20.7 Å². The van der Waals surface area contributed by atoms with Crippen LogP contribution in [0.5, 0.6) is 0 Å². The van der Waals surface area contributed by atoms with E-state index in [9.17, 15) is 4.79 Å². The van der Waals surface area contributed by atoms with Gasteiger partial charge in [0.25, 0.3) is 5.91 Å². The van der Waals surface area contributed by atoms with Gasteiger partial charge in [0.2, 0.25) is 0 Å². The molecule has 0 spiro atoms. The maximum absolute atomic E-state index is 12.9. The number of rotatable bonds is 2. The maximum atomic E-state index is 12.9. The molecule has 0 aromatic carbocycles. The van der Waals surface area contributed by atoms with Crippen LogP contribution in [0.1, 0.15) is 0 Å². The van der Waals surface area contributed by atoms with Gasteiger partial charge in [-0.15, -0.1) is 0 Å². The number of piperazine rings is 1. The summed E-state index contributed by atoms with van der Waals surface area (Å²) in [5.41, 5.74) is 5.72. The van der Waals surface area contributed by atoms with Crippen LogP contribution in [0.15, 0.2) is 64.0 Å². The number of likely N-dealkylation sites (N-methyl/N-ethyl adjacent to an activating group) is 1. The number of carbonyl (C=O) groups is 1. The summed E-state index contributed by atoms with van der Waals surface area (Å²) in [4.78, 5) is 24.0. The van der Waals surface area contributed by atoms with E-state index in [-0.39, 0.29) is 17.7 Å². The molecule has 1 saturated heterocycles. The molecule has 146 valence electrons. The van der Waals surface area contributed by atoms with Gasteiger partial charge in [0.15, 0.2) is 0 Å². The second kappa shape index (κ2) is 6.99. The smallest absolute Gasteiger partial charge is 0.252 e. The number of nitrogens with zero attached hydrogens (tertiary/aromatic N) is 5. The van der Waals surface area contributed by atoms with Gasteiger partial charge in [0, 0.05) is 51.7 Å². The van der Waals surface area contributed by atoms with Crippen LogP contribution in [0.2, 0.25) is 0 Å². The molecule has 0 aromatic rings. The highest BCUT2D eigenvalue weighted by Gasteiger charge is 2.32. The van der Waals surface area contributed by atoms with Gasteiger partial charge in [-0.1, -0.05) is 20.7 Å². The predicted octanol–water partition coefficient (Wildman–Crippen LogP) is 1.05. The predicted molar refractivity (Wildman–Crippen MR) is 113 cm³/mol. The first-order valence-corrected chi connectivity index (χ1v) is 10.8. The van der Waals surface area contributed by atoms with Crippen LogP contribution >= 0.6 is 8.58 Å². The van der Waals surface area contributed by atoms with Crippen molar-refractivity contribution in [2.24, 2.45) is 4.99 Å². The number of aliphatic imine (C=N–C) groups is 1. The van der Waals surface area contributed by atoms with E-state index in [4.69, 9.17) is 4.99 Å². The Morgan fingerprint density at radius 2 is 1.96 bits per heavy atom. The summed E-state index contributed by atoms with van der Waals surface area (Å²) in [6, 6.07) is 0.235. The van der Waals surface area contributed by atoms with Crippen molar-refractivity contribution in [1.82, 2.24) is 25.1 Å². The molecule has 1 aliphatic carbocycles. The molecule has 1 amide bonds. The lowest BCUT2D eigenvalue weighted by atomic mass is 9.99. The number of hydrogen-bond donors (Lipinski definition) is 1. The van der Waals surface area contributed by atoms with E-state index in [2.05, 4.69) is 46.7 Å². The average molecular weight is 396 g/mol. The number of nitrogens with one attached hydrogen (secondary N) is 1. The summed E-state index contributed by atoms with van der Waals surface area (Å²) in [7, 11) is 4.63. The summed E-state index contributed by atoms with van der Waals surface area (Å²) in [6.45, 7) is 3.95. The quantitative estimate of drug-likeness (QED) is 0.708. The fourth-order valence-corrected chi connectivity index (χ4v) is 5.38. The molecule has 5 aliphatic rings. The molecule has 4 heterocycles. The highest BCUT2D eigenvalue weighted by atomic mass is 31.1. The maximum Gasteiger partial charge on any atom is 0.252 e. The molecule has 4 aliphatic heterocycles. The van der Waals surface area contributed by atoms with E-state index in [0.717, 1.165) is 42.9 Å². The van der Waals surface area contributed by atoms with Gasteiger partial charge in [0.1, 0.15) is 5.82 Å². The second-order valence-corrected chi connectivity index (χ2v) is 9.17. The first kappa shape index (κ1) is 17.9. The minimum Gasteiger partial charge on any atom is -0.353 e. The fraction of sp³-hybridized carbons (Fsp3) is 0.400. The standard InChI is InChI=1S/C20H25N6OP/c1-23-5-7-25(8-6-23)18-13-26-19(27)10-17(28-20(26)11-21-18)14-3-4-16-15(9-14)12-24(2)22-16/h3-4,9-13,16,20,22,28H,5-8H2,1-2H3. The fourth-order valence-electron chi connectivity index (χ4n) is 4.04. The molecule has 1 N–H and O–H groups in total. The van der Waals surface area contributed by atoms with Crippen LogP contribution in [0.25, 0.3) is 0 Å². The molecule has 28 heavy (non-hydrogen) atoms. The lowest BCUT2D eigenvalue weighted by Gasteiger charge is -2.38. The van der Waals surface area contributed by atoms with Crippen molar-refractivity contribution in [3.8, 4) is 0 Å². The Morgan fingerprint density at radius 3 is 2.79 bits per heavy atom. The zero-order valence-electron chi connectivity index (χ0n) is 16.2. The highest BCUT2D eigenvalue weighted by molar-refractivity contribution is 7.45. The molecule has 0 aromatic heterocycles. The third kappa shape index (κ3) is 3.24. The van der Waals surface area contributed by atoms with E-state index in [1.54, 1.807) is 6.08 Å². The number of allylic oxidation sites excluding steroid dienone is 3. The summed E-state index contributed by atoms with van der Waals surface area (Å²) in [5, 5.41) is 3.09. The van der Waals surface area contributed by atoms with Crippen molar-refractivity contribution in [2.45, 2.75) is 11.8 Å². The van der Waals surface area contributed by atoms with E-state index in [0.29, 0.717) is 8.58 Å². The number of hydrogen-bond acceptors (Lipinski definition) is 6. The largest absolute Gasteiger partial charge is 0.353 e. The van der Waals surface area contributed by atoms with E-state index in [1.165, 1.54) is 5.57 Å². The first-order valence-electron chi connectivity index (χ1n) is 9.68. The van der Waals surface area contributed by atoms with Gasteiger partial charge in [-0.3, -0.25) is 9.69 Å². The molecule has 7 nitrogen and oxygen atoms in total. The Labute approximate surface area is 167 Å². The Bertz CT molecular complexity index is 877. The third-order valence-electron chi connectivity index (χ3n) is 5.70. The molecular weight excluding hydrogens is 371 g/mol. The molecule has 3 unspecified atom stereocenters. The van der Waals surface area contributed by atoms with Crippen LogP contribution in [0.4, 0.5) is 0 Å². The first-order chi connectivity index (χ1) is 13.6. The van der Waals surface area contributed by atoms with Crippen molar-refractivity contribution < 1.29 is 4.79 Å². The third-order valence-corrected chi connectivity index (χ3v) is 7.17. The van der Waals surface area contributed by atoms with Crippen LogP contribution in [-0.4, -0.2) is 83.9 Å². The lowest BCUT2D eigenvalue weighted by molar-refractivity contribution is -0.123. The van der Waals surface area contributed by atoms with Crippen molar-refractivity contribution in [2.75, 3.05) is 40.3 Å². The minimum atomic E-state index is 0.0223. The van der Waals surface area contributed by atoms with E-state index < -0.39 is 0 Å². The number of fused-ring (bicyclic) bond motifs is 2. The zero-order chi connectivity index (χ0) is 19.3. The molecule has 0 bridgehead atoms. The molecule has 0 saturated carbocycles. The SMILES string of the molecule is CN1CCN(C2=CN3C(=O)C=C(C4=CC5=CN(C)NC5C=C4)PC3C=N2)CC1. The monoisotopic (exact) mass is 396 g/mol. The zero-order valence-corrected chi connectivity index (χ0v) is 17.2. The Balaban J connectivity index is 1.35. The van der Waals surface area contributed by atoms with Crippen LogP contribution in [0.3, 0.4) is 0 Å². The van der Waals surface area contributed by atoms with Crippen molar-refractivity contribution in [3.63, 3.8) is 0 Å². The molecule has 5 rings (SSSR count). The molecule has 0 radical (unpaired) electrons. The van der Waals surface area contributed by atoms with Crippen LogP contribution in [-0.2, 0) is 4.79 Å². The molecule has 1 fully saturated rings. The summed E-state index contributed by atoms with van der Waals surface area (Å²) >= 11 is 0. The Kier molecular flexibility index (Phi) is 4.46. The van der Waals surface area contributed by atoms with Gasteiger partial charge in [-0.05, 0) is 29.6 Å². The van der Waals surface area contributed by atoms with Crippen molar-refractivity contribution in [1.29, 1.82) is 0 Å². The lowest BCUT2D eigenvalue weighted by Crippen LogP contribution is -2.46. The van der Waals surface area contributed by atoms with Gasteiger partial charge in [-0.2, -0.15) is 0 Å². The van der Waals surface area contributed by atoms with Gasteiger partial charge < -0.3 is 14.8 Å². The highest BCUT2D eigenvalue weighted by Crippen LogP contribution is 2.43. The minimum absolute atomic E-state index is 0.0223. The molecule has 8 heteroatoms. The topological polar surface area (TPSA) is 54.4 Å². The van der Waals surface area contributed by atoms with Gasteiger partial charge in [-0.25, -0.2) is 10.4 Å². The number of amides is 1. The summed E-state index contributed by atoms with van der Waals surface area (Å²) in [6.07, 6.45) is 14.3. The van der Waals surface area contributed by atoms with E-state index in [1.807, 2.05) is 29.4 Å². The van der Waals surface area contributed by atoms with Crippen molar-refractivity contribution in [3.05, 3.63) is 59.0 Å². The summed E-state index contributed by atoms with van der Waals surface area (Å²) in [5.74, 6) is 0.974. The van der Waals surface area contributed by atoms with Crippen LogP contribution < -0.4 is 5.43 Å². The second-order valence-electron chi connectivity index (χ2n) is 7.75. The normalized spacial score (nSPS) is 30.8. The van der Waals surface area contributed by atoms with Crippen LogP contribution in [0, 0.1) is 0 Å². The Morgan fingerprint density at radius 1 is 1.14 bits per heavy atom. The molecular formula is C20H25N6OP. The average Bonchev–Trinajstić information content (AvgIpc) is 3.07. The Hall–Kier alpha value is -2.21.